The first-order valence-corrected chi connectivity index (χ1v) is 3.51. The van der Waals surface area contributed by atoms with Gasteiger partial charge in [0.25, 0.3) is 0 Å². The molecule has 0 rings (SSSR count). The molecule has 0 saturated carbocycles. The molecule has 0 aliphatic heterocycles. The third-order valence-corrected chi connectivity index (χ3v) is 1.57. The van der Waals surface area contributed by atoms with Crippen molar-refractivity contribution in [1.82, 2.24) is 4.90 Å². The molecule has 0 aromatic carbocycles. The molecule has 10 heavy (non-hydrogen) atoms. The highest BCUT2D eigenvalue weighted by molar-refractivity contribution is 5.58. The Morgan fingerprint density at radius 2 is 1.70 bits per heavy atom. The summed E-state index contributed by atoms with van der Waals surface area (Å²) in [6.45, 7) is 6.18. The van der Waals surface area contributed by atoms with Crippen LogP contribution in [0.15, 0.2) is 0 Å². The topological polar surface area (TPSA) is 20.3 Å². The van der Waals surface area contributed by atoms with Gasteiger partial charge in [-0.3, -0.25) is 4.90 Å². The number of likely N-dealkylation sites (N-methyl/N-ethyl adjacent to an activating group) is 1. The lowest BCUT2D eigenvalue weighted by Crippen LogP contribution is -2.40. The maximum Gasteiger partial charge on any atom is 0.137 e. The van der Waals surface area contributed by atoms with Gasteiger partial charge in [-0.15, -0.1) is 0 Å². The van der Waals surface area contributed by atoms with Gasteiger partial charge in [0.1, 0.15) is 6.29 Å². The standard InChI is InChI=1S/C8H17NO/c1-8(2,3)7(6-10)9(4)5/h6-7H,1-5H3/t7-/m1/s1. The van der Waals surface area contributed by atoms with E-state index < -0.39 is 0 Å². The molecule has 60 valence electrons. The first-order chi connectivity index (χ1) is 4.39. The predicted octanol–water partition coefficient (Wildman–Crippen LogP) is 1.16. The number of aldehydes is 1. The van der Waals surface area contributed by atoms with Crippen LogP contribution in [0.2, 0.25) is 0 Å². The Kier molecular flexibility index (Phi) is 3.03. The van der Waals surface area contributed by atoms with E-state index in [1.165, 1.54) is 0 Å². The minimum atomic E-state index is 0.0208. The number of hydrogen-bond donors (Lipinski definition) is 0. The van der Waals surface area contributed by atoms with E-state index in [1.807, 2.05) is 19.0 Å². The zero-order valence-electron chi connectivity index (χ0n) is 7.51. The SMILES string of the molecule is CN(C)[C@H](C=O)C(C)(C)C. The summed E-state index contributed by atoms with van der Waals surface area (Å²) in [5, 5.41) is 0. The van der Waals surface area contributed by atoms with Crippen molar-refractivity contribution in [2.24, 2.45) is 5.41 Å². The Morgan fingerprint density at radius 3 is 1.70 bits per heavy atom. The van der Waals surface area contributed by atoms with Crippen molar-refractivity contribution in [3.8, 4) is 0 Å². The molecule has 0 saturated heterocycles. The van der Waals surface area contributed by atoms with Gasteiger partial charge in [0.05, 0.1) is 6.04 Å². The van der Waals surface area contributed by atoms with Crippen LogP contribution in [0.4, 0.5) is 0 Å². The molecule has 2 heteroatoms. The molecule has 1 atom stereocenters. The van der Waals surface area contributed by atoms with E-state index >= 15 is 0 Å². The highest BCUT2D eigenvalue weighted by Gasteiger charge is 2.25. The van der Waals surface area contributed by atoms with Crippen LogP contribution in [-0.2, 0) is 4.79 Å². The van der Waals surface area contributed by atoms with E-state index in [0.29, 0.717) is 0 Å². The Hall–Kier alpha value is -0.370. The fourth-order valence-corrected chi connectivity index (χ4v) is 1.10. The van der Waals surface area contributed by atoms with E-state index in [0.717, 1.165) is 6.29 Å². The molecule has 0 radical (unpaired) electrons. The Morgan fingerprint density at radius 1 is 1.30 bits per heavy atom. The zero-order valence-corrected chi connectivity index (χ0v) is 7.51. The highest BCUT2D eigenvalue weighted by Crippen LogP contribution is 2.20. The molecular formula is C8H17NO. The summed E-state index contributed by atoms with van der Waals surface area (Å²) >= 11 is 0. The summed E-state index contributed by atoms with van der Waals surface area (Å²) in [6, 6.07) is 0.0208. The van der Waals surface area contributed by atoms with Crippen molar-refractivity contribution in [3.05, 3.63) is 0 Å². The van der Waals surface area contributed by atoms with E-state index in [2.05, 4.69) is 20.8 Å². The monoisotopic (exact) mass is 143 g/mol. The van der Waals surface area contributed by atoms with Crippen LogP contribution in [0.25, 0.3) is 0 Å². The quantitative estimate of drug-likeness (QED) is 0.541. The first-order valence-electron chi connectivity index (χ1n) is 3.51. The van der Waals surface area contributed by atoms with Crippen LogP contribution >= 0.6 is 0 Å². The van der Waals surface area contributed by atoms with Crippen LogP contribution in [0.5, 0.6) is 0 Å². The van der Waals surface area contributed by atoms with Crippen LogP contribution in [0.3, 0.4) is 0 Å². The minimum absolute atomic E-state index is 0.0208. The van der Waals surface area contributed by atoms with Crippen LogP contribution in [0.1, 0.15) is 20.8 Å². The molecule has 0 aliphatic rings. The lowest BCUT2D eigenvalue weighted by Gasteiger charge is -2.31. The largest absolute Gasteiger partial charge is 0.302 e. The van der Waals surface area contributed by atoms with Gasteiger partial charge < -0.3 is 4.79 Å². The fourth-order valence-electron chi connectivity index (χ4n) is 1.10. The minimum Gasteiger partial charge on any atom is -0.302 e. The predicted molar refractivity (Wildman–Crippen MR) is 43.0 cm³/mol. The number of carbonyl (C=O) groups is 1. The van der Waals surface area contributed by atoms with Gasteiger partial charge in [0.15, 0.2) is 0 Å². The van der Waals surface area contributed by atoms with Crippen molar-refractivity contribution in [3.63, 3.8) is 0 Å². The Balaban J connectivity index is 4.21. The normalized spacial score (nSPS) is 15.4. The lowest BCUT2D eigenvalue weighted by molar-refractivity contribution is -0.114. The van der Waals surface area contributed by atoms with Crippen LogP contribution in [0, 0.1) is 5.41 Å². The highest BCUT2D eigenvalue weighted by atomic mass is 16.1. The summed E-state index contributed by atoms with van der Waals surface area (Å²) < 4.78 is 0. The first kappa shape index (κ1) is 9.63. The van der Waals surface area contributed by atoms with E-state index in [1.54, 1.807) is 0 Å². The molecule has 0 amide bonds. The molecule has 0 spiro atoms. The van der Waals surface area contributed by atoms with Crippen LogP contribution in [-0.4, -0.2) is 31.3 Å². The lowest BCUT2D eigenvalue weighted by atomic mass is 9.87. The van der Waals surface area contributed by atoms with Gasteiger partial charge in [0, 0.05) is 0 Å². The molecule has 0 fully saturated rings. The molecule has 0 aliphatic carbocycles. The molecule has 0 aromatic heterocycles. The number of nitrogens with zero attached hydrogens (tertiary/aromatic N) is 1. The zero-order chi connectivity index (χ0) is 8.36. The molecule has 0 aromatic rings. The summed E-state index contributed by atoms with van der Waals surface area (Å²) in [6.07, 6.45) is 1.00. The molecule has 0 N–H and O–H groups in total. The smallest absolute Gasteiger partial charge is 0.137 e. The Labute approximate surface area is 63.2 Å². The summed E-state index contributed by atoms with van der Waals surface area (Å²) in [7, 11) is 3.84. The van der Waals surface area contributed by atoms with Crippen molar-refractivity contribution in [2.45, 2.75) is 26.8 Å². The average molecular weight is 143 g/mol. The van der Waals surface area contributed by atoms with Gasteiger partial charge in [-0.25, -0.2) is 0 Å². The molecule has 2 nitrogen and oxygen atoms in total. The van der Waals surface area contributed by atoms with E-state index in [9.17, 15) is 4.79 Å². The maximum absolute atomic E-state index is 10.6. The number of rotatable bonds is 2. The summed E-state index contributed by atoms with van der Waals surface area (Å²) in [5.74, 6) is 0. The van der Waals surface area contributed by atoms with Crippen molar-refractivity contribution >= 4 is 6.29 Å². The second-order valence-corrected chi connectivity index (χ2v) is 3.91. The van der Waals surface area contributed by atoms with Crippen LogP contribution < -0.4 is 0 Å². The third kappa shape index (κ3) is 2.48. The summed E-state index contributed by atoms with van der Waals surface area (Å²) in [5.41, 5.74) is 0.0469. The van der Waals surface area contributed by atoms with Gasteiger partial charge >= 0.3 is 0 Å². The second kappa shape index (κ2) is 3.15. The van der Waals surface area contributed by atoms with Crippen molar-refractivity contribution in [1.29, 1.82) is 0 Å². The van der Waals surface area contributed by atoms with E-state index in [4.69, 9.17) is 0 Å². The maximum atomic E-state index is 10.6. The molecular weight excluding hydrogens is 126 g/mol. The summed E-state index contributed by atoms with van der Waals surface area (Å²) in [4.78, 5) is 12.5. The molecule has 0 unspecified atom stereocenters. The fraction of sp³-hybridized carbons (Fsp3) is 0.875. The van der Waals surface area contributed by atoms with E-state index in [-0.39, 0.29) is 11.5 Å². The van der Waals surface area contributed by atoms with Crippen molar-refractivity contribution in [2.75, 3.05) is 14.1 Å². The third-order valence-electron chi connectivity index (χ3n) is 1.57. The Bertz CT molecular complexity index is 113. The van der Waals surface area contributed by atoms with Gasteiger partial charge in [-0.2, -0.15) is 0 Å². The van der Waals surface area contributed by atoms with Gasteiger partial charge in [-0.1, -0.05) is 20.8 Å². The number of hydrogen-bond acceptors (Lipinski definition) is 2. The second-order valence-electron chi connectivity index (χ2n) is 3.91. The molecule has 0 bridgehead atoms. The number of carbonyl (C=O) groups excluding carboxylic acids is 1. The van der Waals surface area contributed by atoms with Gasteiger partial charge in [-0.05, 0) is 19.5 Å². The average Bonchev–Trinajstić information content (AvgIpc) is 1.60. The van der Waals surface area contributed by atoms with Crippen molar-refractivity contribution < 1.29 is 4.79 Å². The molecule has 0 heterocycles. The van der Waals surface area contributed by atoms with Gasteiger partial charge in [0.2, 0.25) is 0 Å².